The Bertz CT molecular complexity index is 588. The first-order valence-electron chi connectivity index (χ1n) is 8.65. The van der Waals surface area contributed by atoms with Crippen LogP contribution in [0.1, 0.15) is 18.5 Å². The second kappa shape index (κ2) is 7.89. The van der Waals surface area contributed by atoms with Crippen LogP contribution in [0.5, 0.6) is 0 Å². The maximum absolute atomic E-state index is 6.02. The van der Waals surface area contributed by atoms with Crippen molar-refractivity contribution in [2.24, 2.45) is 12.0 Å². The van der Waals surface area contributed by atoms with Gasteiger partial charge in [-0.2, -0.15) is 0 Å². The first kappa shape index (κ1) is 17.8. The van der Waals surface area contributed by atoms with Gasteiger partial charge >= 0.3 is 0 Å². The number of aromatic nitrogens is 1. The predicted molar refractivity (Wildman–Crippen MR) is 100 cm³/mol. The van der Waals surface area contributed by atoms with E-state index in [1.165, 1.54) is 25.1 Å². The minimum atomic E-state index is 0.244. The van der Waals surface area contributed by atoms with E-state index in [0.717, 1.165) is 36.7 Å². The molecule has 134 valence electrons. The molecule has 1 N–H and O–H groups in total. The van der Waals surface area contributed by atoms with Crippen molar-refractivity contribution in [3.8, 4) is 0 Å². The number of fused-ring (bicyclic) bond motifs is 1. The smallest absolute Gasteiger partial charge is 0.193 e. The lowest BCUT2D eigenvalue weighted by Crippen LogP contribution is -2.51. The Morgan fingerprint density at radius 1 is 1.54 bits per heavy atom. The van der Waals surface area contributed by atoms with Crippen LogP contribution in [-0.4, -0.2) is 72.8 Å². The maximum Gasteiger partial charge on any atom is 0.193 e. The van der Waals surface area contributed by atoms with Crippen LogP contribution >= 0.6 is 15.9 Å². The zero-order valence-electron chi connectivity index (χ0n) is 14.8. The summed E-state index contributed by atoms with van der Waals surface area (Å²) in [5.41, 5.74) is 1.24. The van der Waals surface area contributed by atoms with Gasteiger partial charge in [0.2, 0.25) is 0 Å². The molecule has 2 aliphatic heterocycles. The van der Waals surface area contributed by atoms with Crippen LogP contribution in [0.2, 0.25) is 0 Å². The van der Waals surface area contributed by atoms with Crippen LogP contribution in [0.25, 0.3) is 0 Å². The van der Waals surface area contributed by atoms with Crippen molar-refractivity contribution < 1.29 is 4.74 Å². The molecule has 24 heavy (non-hydrogen) atoms. The molecule has 1 aromatic heterocycles. The molecule has 1 aromatic rings. The van der Waals surface area contributed by atoms with Crippen molar-refractivity contribution in [3.63, 3.8) is 0 Å². The van der Waals surface area contributed by atoms with Crippen LogP contribution in [0.4, 0.5) is 0 Å². The molecule has 0 spiro atoms. The van der Waals surface area contributed by atoms with Gasteiger partial charge < -0.3 is 19.5 Å². The number of halogens is 1. The van der Waals surface area contributed by atoms with Gasteiger partial charge in [-0.3, -0.25) is 9.89 Å². The lowest BCUT2D eigenvalue weighted by molar-refractivity contribution is -0.0454. The van der Waals surface area contributed by atoms with Gasteiger partial charge in [0.1, 0.15) is 0 Å². The van der Waals surface area contributed by atoms with Gasteiger partial charge in [-0.25, -0.2) is 0 Å². The summed E-state index contributed by atoms with van der Waals surface area (Å²) in [7, 11) is 5.96. The van der Waals surface area contributed by atoms with E-state index in [9.17, 15) is 0 Å². The molecular weight excluding hydrogens is 370 g/mol. The molecule has 6 nitrogen and oxygen atoms in total. The van der Waals surface area contributed by atoms with Crippen molar-refractivity contribution >= 4 is 21.9 Å². The Hall–Kier alpha value is -1.05. The van der Waals surface area contributed by atoms with E-state index in [1.54, 1.807) is 0 Å². The van der Waals surface area contributed by atoms with Crippen LogP contribution in [-0.2, 0) is 18.3 Å². The van der Waals surface area contributed by atoms with E-state index in [-0.39, 0.29) is 6.10 Å². The second-order valence-electron chi connectivity index (χ2n) is 6.79. The average molecular weight is 398 g/mol. The lowest BCUT2D eigenvalue weighted by Gasteiger charge is -2.35. The van der Waals surface area contributed by atoms with Gasteiger partial charge in [0.15, 0.2) is 5.96 Å². The largest absolute Gasteiger partial charge is 0.373 e. The van der Waals surface area contributed by atoms with Gasteiger partial charge in [-0.05, 0) is 41.4 Å². The monoisotopic (exact) mass is 397 g/mol. The highest BCUT2D eigenvalue weighted by Gasteiger charge is 2.32. The van der Waals surface area contributed by atoms with E-state index in [4.69, 9.17) is 4.74 Å². The number of rotatable bonds is 4. The Morgan fingerprint density at radius 2 is 2.38 bits per heavy atom. The third-order valence-corrected chi connectivity index (χ3v) is 5.43. The molecule has 2 saturated heterocycles. The molecule has 0 aliphatic carbocycles. The lowest BCUT2D eigenvalue weighted by atomic mass is 10.2. The molecule has 0 radical (unpaired) electrons. The Kier molecular flexibility index (Phi) is 5.84. The number of hydrogen-bond donors (Lipinski definition) is 1. The van der Waals surface area contributed by atoms with Crippen molar-refractivity contribution in [1.29, 1.82) is 0 Å². The third kappa shape index (κ3) is 4.13. The fourth-order valence-electron chi connectivity index (χ4n) is 3.64. The molecule has 0 saturated carbocycles. The van der Waals surface area contributed by atoms with Gasteiger partial charge in [0.05, 0.1) is 19.3 Å². The number of nitrogens with zero attached hydrogens (tertiary/aromatic N) is 4. The second-order valence-corrected chi connectivity index (χ2v) is 7.71. The fraction of sp³-hybridized carbons (Fsp3) is 0.706. The third-order valence-electron chi connectivity index (χ3n) is 5.00. The standard InChI is InChI=1S/C17H28BrN5O/c1-19-17(22(3)10-15-7-13(18)9-21(15)2)20-8-16-11-23-6-4-5-14(23)12-24-16/h7,9,14,16H,4-6,8,10-12H2,1-3H3,(H,19,20). The average Bonchev–Trinajstić information content (AvgIpc) is 3.13. The van der Waals surface area contributed by atoms with E-state index in [2.05, 4.69) is 67.0 Å². The molecule has 3 rings (SSSR count). The highest BCUT2D eigenvalue weighted by atomic mass is 79.9. The van der Waals surface area contributed by atoms with Crippen molar-refractivity contribution in [1.82, 2.24) is 19.7 Å². The van der Waals surface area contributed by atoms with E-state index >= 15 is 0 Å². The summed E-state index contributed by atoms with van der Waals surface area (Å²) in [6.45, 7) is 4.74. The molecule has 0 bridgehead atoms. The van der Waals surface area contributed by atoms with Crippen molar-refractivity contribution in [2.75, 3.05) is 40.3 Å². The van der Waals surface area contributed by atoms with Gasteiger partial charge in [-0.15, -0.1) is 0 Å². The zero-order chi connectivity index (χ0) is 17.1. The minimum Gasteiger partial charge on any atom is -0.373 e. The number of aryl methyl sites for hydroxylation is 1. The number of morpholine rings is 1. The Morgan fingerprint density at radius 3 is 3.08 bits per heavy atom. The maximum atomic E-state index is 6.02. The SMILES string of the molecule is CN=C(NCC1CN2CCCC2CO1)N(C)Cc1cc(Br)cn1C. The molecule has 7 heteroatoms. The van der Waals surface area contributed by atoms with E-state index in [1.807, 2.05) is 7.05 Å². The highest BCUT2D eigenvalue weighted by Crippen LogP contribution is 2.22. The number of hydrogen-bond acceptors (Lipinski definition) is 3. The number of nitrogens with one attached hydrogen (secondary N) is 1. The van der Waals surface area contributed by atoms with Gasteiger partial charge in [0.25, 0.3) is 0 Å². The summed E-state index contributed by atoms with van der Waals surface area (Å²) >= 11 is 3.53. The van der Waals surface area contributed by atoms with Crippen LogP contribution in [0.3, 0.4) is 0 Å². The van der Waals surface area contributed by atoms with Crippen LogP contribution in [0, 0.1) is 0 Å². The van der Waals surface area contributed by atoms with Crippen molar-refractivity contribution in [2.45, 2.75) is 31.5 Å². The summed E-state index contributed by atoms with van der Waals surface area (Å²) in [4.78, 5) is 9.13. The van der Waals surface area contributed by atoms with E-state index < -0.39 is 0 Å². The fourth-order valence-corrected chi connectivity index (χ4v) is 4.21. The van der Waals surface area contributed by atoms with Gasteiger partial charge in [0, 0.05) is 56.6 Å². The predicted octanol–water partition coefficient (Wildman–Crippen LogP) is 1.66. The normalized spacial score (nSPS) is 24.9. The molecule has 0 aromatic carbocycles. The summed E-state index contributed by atoms with van der Waals surface area (Å²) in [6, 6.07) is 2.79. The topological polar surface area (TPSA) is 45.0 Å². The molecule has 2 aliphatic rings. The molecular formula is C17H28BrN5O. The minimum absolute atomic E-state index is 0.244. The number of ether oxygens (including phenoxy) is 1. The summed E-state index contributed by atoms with van der Waals surface area (Å²) in [6.07, 6.45) is 4.91. The molecule has 2 atom stereocenters. The van der Waals surface area contributed by atoms with Gasteiger partial charge in [-0.1, -0.05) is 0 Å². The highest BCUT2D eigenvalue weighted by molar-refractivity contribution is 9.10. The van der Waals surface area contributed by atoms with E-state index in [0.29, 0.717) is 6.04 Å². The number of guanidine groups is 1. The summed E-state index contributed by atoms with van der Waals surface area (Å²) in [5, 5.41) is 3.47. The first-order chi connectivity index (χ1) is 11.6. The Labute approximate surface area is 153 Å². The van der Waals surface area contributed by atoms with Crippen molar-refractivity contribution in [3.05, 3.63) is 22.4 Å². The van der Waals surface area contributed by atoms with Crippen LogP contribution in [0.15, 0.2) is 21.7 Å². The van der Waals surface area contributed by atoms with Crippen LogP contribution < -0.4 is 5.32 Å². The first-order valence-corrected chi connectivity index (χ1v) is 9.44. The summed E-state index contributed by atoms with van der Waals surface area (Å²) < 4.78 is 9.25. The Balaban J connectivity index is 1.50. The quantitative estimate of drug-likeness (QED) is 0.619. The summed E-state index contributed by atoms with van der Waals surface area (Å²) in [5.74, 6) is 0.902. The molecule has 0 amide bonds. The zero-order valence-corrected chi connectivity index (χ0v) is 16.4. The number of aliphatic imine (C=N–C) groups is 1. The molecule has 2 fully saturated rings. The molecule has 2 unspecified atom stereocenters. The molecule has 3 heterocycles.